The maximum atomic E-state index is 12.2. The second-order valence-corrected chi connectivity index (χ2v) is 5.33. The number of fused-ring (bicyclic) bond motifs is 1. The van der Waals surface area contributed by atoms with Crippen molar-refractivity contribution >= 4 is 28.5 Å². The SMILES string of the molecule is CC(C)C(CCCl)NC(=O)c1cc2ccccc2o1. The average molecular weight is 280 g/mol. The van der Waals surface area contributed by atoms with Crippen LogP contribution in [-0.2, 0) is 0 Å². The molecular weight excluding hydrogens is 262 g/mol. The zero-order valence-electron chi connectivity index (χ0n) is 11.2. The van der Waals surface area contributed by atoms with E-state index in [2.05, 4.69) is 19.2 Å². The molecule has 0 saturated heterocycles. The lowest BCUT2D eigenvalue weighted by Crippen LogP contribution is -2.38. The van der Waals surface area contributed by atoms with Gasteiger partial charge in [-0.2, -0.15) is 0 Å². The van der Waals surface area contributed by atoms with E-state index in [1.165, 1.54) is 0 Å². The zero-order valence-corrected chi connectivity index (χ0v) is 11.9. The Morgan fingerprint density at radius 3 is 2.74 bits per heavy atom. The molecule has 4 heteroatoms. The number of hydrogen-bond donors (Lipinski definition) is 1. The van der Waals surface area contributed by atoms with Gasteiger partial charge in [-0.3, -0.25) is 4.79 Å². The number of carbonyl (C=O) groups excluding carboxylic acids is 1. The van der Waals surface area contributed by atoms with E-state index in [1.807, 2.05) is 24.3 Å². The summed E-state index contributed by atoms with van der Waals surface area (Å²) >= 11 is 5.76. The van der Waals surface area contributed by atoms with Crippen LogP contribution >= 0.6 is 11.6 Å². The summed E-state index contributed by atoms with van der Waals surface area (Å²) in [7, 11) is 0. The monoisotopic (exact) mass is 279 g/mol. The Balaban J connectivity index is 2.14. The summed E-state index contributed by atoms with van der Waals surface area (Å²) in [5, 5.41) is 3.91. The lowest BCUT2D eigenvalue weighted by atomic mass is 10.0. The van der Waals surface area contributed by atoms with E-state index in [0.29, 0.717) is 17.6 Å². The Labute approximate surface area is 117 Å². The molecular formula is C15H18ClNO2. The molecule has 19 heavy (non-hydrogen) atoms. The minimum Gasteiger partial charge on any atom is -0.451 e. The molecule has 2 rings (SSSR count). The Bertz CT molecular complexity index is 529. The number of para-hydroxylation sites is 1. The molecule has 1 aromatic heterocycles. The molecule has 0 fully saturated rings. The molecule has 1 unspecified atom stereocenters. The van der Waals surface area contributed by atoms with Crippen LogP contribution in [0.1, 0.15) is 30.8 Å². The maximum Gasteiger partial charge on any atom is 0.287 e. The Hall–Kier alpha value is -1.48. The number of nitrogens with one attached hydrogen (secondary N) is 1. The fourth-order valence-electron chi connectivity index (χ4n) is 2.02. The van der Waals surface area contributed by atoms with Crippen molar-refractivity contribution in [3.05, 3.63) is 36.1 Å². The highest BCUT2D eigenvalue weighted by atomic mass is 35.5. The highest BCUT2D eigenvalue weighted by Gasteiger charge is 2.19. The summed E-state index contributed by atoms with van der Waals surface area (Å²) in [5.74, 6) is 1.04. The molecule has 102 valence electrons. The van der Waals surface area contributed by atoms with Crippen molar-refractivity contribution in [3.63, 3.8) is 0 Å². The molecule has 0 aliphatic rings. The highest BCUT2D eigenvalue weighted by Crippen LogP contribution is 2.19. The molecule has 1 atom stereocenters. The molecule has 0 radical (unpaired) electrons. The molecule has 2 aromatic rings. The quantitative estimate of drug-likeness (QED) is 0.846. The van der Waals surface area contributed by atoms with Crippen LogP contribution < -0.4 is 5.32 Å². The maximum absolute atomic E-state index is 12.2. The van der Waals surface area contributed by atoms with Crippen LogP contribution in [0.3, 0.4) is 0 Å². The van der Waals surface area contributed by atoms with Gasteiger partial charge in [0.05, 0.1) is 0 Å². The number of carbonyl (C=O) groups is 1. The largest absolute Gasteiger partial charge is 0.451 e. The Morgan fingerprint density at radius 2 is 2.11 bits per heavy atom. The van der Waals surface area contributed by atoms with Gasteiger partial charge >= 0.3 is 0 Å². The van der Waals surface area contributed by atoms with E-state index in [1.54, 1.807) is 6.07 Å². The number of amides is 1. The van der Waals surface area contributed by atoms with Gasteiger partial charge in [-0.25, -0.2) is 0 Å². The molecule has 1 amide bonds. The van der Waals surface area contributed by atoms with Crippen LogP contribution in [0.4, 0.5) is 0 Å². The molecule has 0 saturated carbocycles. The van der Waals surface area contributed by atoms with E-state index >= 15 is 0 Å². The minimum absolute atomic E-state index is 0.0678. The molecule has 0 bridgehead atoms. The van der Waals surface area contributed by atoms with Gasteiger partial charge in [-0.05, 0) is 24.5 Å². The number of furan rings is 1. The fraction of sp³-hybridized carbons (Fsp3) is 0.400. The van der Waals surface area contributed by atoms with Crippen molar-refractivity contribution < 1.29 is 9.21 Å². The molecule has 1 N–H and O–H groups in total. The van der Waals surface area contributed by atoms with Crippen LogP contribution in [0.5, 0.6) is 0 Å². The van der Waals surface area contributed by atoms with Crippen LogP contribution in [0, 0.1) is 5.92 Å². The third-order valence-corrected chi connectivity index (χ3v) is 3.41. The predicted molar refractivity (Wildman–Crippen MR) is 77.6 cm³/mol. The normalized spacial score (nSPS) is 12.8. The van der Waals surface area contributed by atoms with Gasteiger partial charge in [-0.1, -0.05) is 32.0 Å². The molecule has 3 nitrogen and oxygen atoms in total. The number of rotatable bonds is 5. The molecule has 0 aliphatic carbocycles. The topological polar surface area (TPSA) is 42.2 Å². The second kappa shape index (κ2) is 6.11. The van der Waals surface area contributed by atoms with Gasteiger partial charge in [0.2, 0.25) is 0 Å². The van der Waals surface area contributed by atoms with Crippen molar-refractivity contribution in [2.75, 3.05) is 5.88 Å². The average Bonchev–Trinajstić information content (AvgIpc) is 2.81. The third kappa shape index (κ3) is 3.29. The van der Waals surface area contributed by atoms with Gasteiger partial charge < -0.3 is 9.73 Å². The standard InChI is InChI=1S/C15H18ClNO2/c1-10(2)12(7-8-16)17-15(18)14-9-11-5-3-4-6-13(11)19-14/h3-6,9-10,12H,7-8H2,1-2H3,(H,17,18). The van der Waals surface area contributed by atoms with Gasteiger partial charge in [-0.15, -0.1) is 11.6 Å². The van der Waals surface area contributed by atoms with Crippen molar-refractivity contribution in [2.45, 2.75) is 26.3 Å². The fourth-order valence-corrected chi connectivity index (χ4v) is 2.26. The van der Waals surface area contributed by atoms with E-state index in [9.17, 15) is 4.79 Å². The number of benzene rings is 1. The Kier molecular flexibility index (Phi) is 4.48. The van der Waals surface area contributed by atoms with E-state index in [0.717, 1.165) is 17.4 Å². The summed E-state index contributed by atoms with van der Waals surface area (Å²) in [6.07, 6.45) is 0.755. The Morgan fingerprint density at radius 1 is 1.37 bits per heavy atom. The van der Waals surface area contributed by atoms with Crippen molar-refractivity contribution in [1.82, 2.24) is 5.32 Å². The van der Waals surface area contributed by atoms with Gasteiger partial charge in [0.15, 0.2) is 5.76 Å². The smallest absolute Gasteiger partial charge is 0.287 e. The van der Waals surface area contributed by atoms with Crippen molar-refractivity contribution in [3.8, 4) is 0 Å². The second-order valence-electron chi connectivity index (χ2n) is 4.95. The predicted octanol–water partition coefficient (Wildman–Crippen LogP) is 3.82. The van der Waals surface area contributed by atoms with Crippen LogP contribution in [-0.4, -0.2) is 17.8 Å². The van der Waals surface area contributed by atoms with Gasteiger partial charge in [0.1, 0.15) is 5.58 Å². The van der Waals surface area contributed by atoms with E-state index in [4.69, 9.17) is 16.0 Å². The lowest BCUT2D eigenvalue weighted by Gasteiger charge is -2.20. The van der Waals surface area contributed by atoms with Crippen LogP contribution in [0.15, 0.2) is 34.7 Å². The minimum atomic E-state index is -0.181. The summed E-state index contributed by atoms with van der Waals surface area (Å²) in [4.78, 5) is 12.2. The summed E-state index contributed by atoms with van der Waals surface area (Å²) in [6.45, 7) is 4.13. The molecule has 1 heterocycles. The first-order valence-corrected chi connectivity index (χ1v) is 7.00. The number of alkyl halides is 1. The summed E-state index contributed by atoms with van der Waals surface area (Å²) in [6, 6.07) is 9.42. The zero-order chi connectivity index (χ0) is 13.8. The van der Waals surface area contributed by atoms with Crippen LogP contribution in [0.2, 0.25) is 0 Å². The first-order valence-electron chi connectivity index (χ1n) is 6.47. The van der Waals surface area contributed by atoms with E-state index in [-0.39, 0.29) is 11.9 Å². The van der Waals surface area contributed by atoms with Crippen LogP contribution in [0.25, 0.3) is 11.0 Å². The highest BCUT2D eigenvalue weighted by molar-refractivity contribution is 6.17. The first-order chi connectivity index (χ1) is 9.11. The molecule has 0 aliphatic heterocycles. The number of halogens is 1. The summed E-state index contributed by atoms with van der Waals surface area (Å²) < 4.78 is 5.54. The van der Waals surface area contributed by atoms with Gasteiger partial charge in [0.25, 0.3) is 5.91 Å². The summed E-state index contributed by atoms with van der Waals surface area (Å²) in [5.41, 5.74) is 0.728. The van der Waals surface area contributed by atoms with E-state index < -0.39 is 0 Å². The first kappa shape index (κ1) is 13.9. The number of hydrogen-bond acceptors (Lipinski definition) is 2. The van der Waals surface area contributed by atoms with Crippen molar-refractivity contribution in [1.29, 1.82) is 0 Å². The van der Waals surface area contributed by atoms with Gasteiger partial charge in [0, 0.05) is 17.3 Å². The third-order valence-electron chi connectivity index (χ3n) is 3.19. The lowest BCUT2D eigenvalue weighted by molar-refractivity contribution is 0.0899. The molecule has 1 aromatic carbocycles. The molecule has 0 spiro atoms. The van der Waals surface area contributed by atoms with Crippen molar-refractivity contribution in [2.24, 2.45) is 5.92 Å².